The van der Waals surface area contributed by atoms with Crippen LogP contribution in [0.25, 0.3) is 0 Å². The predicted octanol–water partition coefficient (Wildman–Crippen LogP) is 2.22. The van der Waals surface area contributed by atoms with Gasteiger partial charge in [0.1, 0.15) is 18.5 Å². The maximum absolute atomic E-state index is 10.5. The molecule has 1 rings (SSSR count). The maximum Gasteiger partial charge on any atom is 0.469 e. The molecule has 1 atom stereocenters. The van der Waals surface area contributed by atoms with Crippen molar-refractivity contribution < 1.29 is 23.6 Å². The smallest absolute Gasteiger partial charge is 0.469 e. The Bertz CT molecular complexity index is 374. The molecule has 1 aromatic carbocycles. The quantitative estimate of drug-likeness (QED) is 0.799. The molecule has 1 aromatic rings. The Labute approximate surface area is 98.2 Å². The van der Waals surface area contributed by atoms with Crippen LogP contribution in [0.2, 0.25) is 5.02 Å². The molecule has 0 radical (unpaired) electrons. The molecule has 0 saturated heterocycles. The van der Waals surface area contributed by atoms with Crippen LogP contribution in [0.5, 0.6) is 5.75 Å². The van der Waals surface area contributed by atoms with Crippen LogP contribution in [-0.2, 0) is 9.09 Å². The van der Waals surface area contributed by atoms with Gasteiger partial charge in [-0.05, 0) is 31.2 Å². The fourth-order valence-electron chi connectivity index (χ4n) is 1.01. The highest BCUT2D eigenvalue weighted by Crippen LogP contribution is 2.37. The van der Waals surface area contributed by atoms with Crippen molar-refractivity contribution in [3.63, 3.8) is 0 Å². The van der Waals surface area contributed by atoms with Crippen molar-refractivity contribution in [2.45, 2.75) is 13.0 Å². The Kier molecular flexibility index (Phi) is 4.77. The van der Waals surface area contributed by atoms with Crippen molar-refractivity contribution in [3.05, 3.63) is 29.3 Å². The van der Waals surface area contributed by atoms with Gasteiger partial charge < -0.3 is 14.5 Å². The lowest BCUT2D eigenvalue weighted by Gasteiger charge is -2.14. The molecule has 0 spiro atoms. The Balaban J connectivity index is 2.40. The van der Waals surface area contributed by atoms with Crippen LogP contribution in [0, 0.1) is 0 Å². The standard InChI is InChI=1S/C9H12ClO5P/c1-7(15-16(11,12)13)6-14-9-4-2-8(10)3-5-9/h2-5,7H,6H2,1H3,(H2,11,12,13). The lowest BCUT2D eigenvalue weighted by atomic mass is 10.3. The molecule has 0 aliphatic rings. The van der Waals surface area contributed by atoms with Crippen LogP contribution in [-0.4, -0.2) is 22.5 Å². The van der Waals surface area contributed by atoms with Crippen molar-refractivity contribution >= 4 is 19.4 Å². The topological polar surface area (TPSA) is 76.0 Å². The molecule has 0 saturated carbocycles. The number of halogens is 1. The van der Waals surface area contributed by atoms with Crippen LogP contribution in [0.1, 0.15) is 6.92 Å². The highest BCUT2D eigenvalue weighted by atomic mass is 35.5. The lowest BCUT2D eigenvalue weighted by Crippen LogP contribution is -2.16. The fourth-order valence-corrected chi connectivity index (χ4v) is 1.66. The minimum Gasteiger partial charge on any atom is -0.491 e. The van der Waals surface area contributed by atoms with E-state index in [1.807, 2.05) is 0 Å². The number of hydrogen-bond donors (Lipinski definition) is 2. The third-order valence-corrected chi connectivity index (χ3v) is 2.50. The second-order valence-corrected chi connectivity index (χ2v) is 4.80. The van der Waals surface area contributed by atoms with Crippen LogP contribution in [0.4, 0.5) is 0 Å². The first-order valence-corrected chi connectivity index (χ1v) is 6.40. The summed E-state index contributed by atoms with van der Waals surface area (Å²) >= 11 is 5.68. The molecule has 0 fully saturated rings. The molecule has 0 aliphatic carbocycles. The molecular formula is C9H12ClO5P. The van der Waals surface area contributed by atoms with Gasteiger partial charge in [-0.3, -0.25) is 4.52 Å². The van der Waals surface area contributed by atoms with Crippen LogP contribution in [0.15, 0.2) is 24.3 Å². The minimum absolute atomic E-state index is 0.0484. The van der Waals surface area contributed by atoms with E-state index in [-0.39, 0.29) is 6.61 Å². The second-order valence-electron chi connectivity index (χ2n) is 3.17. The summed E-state index contributed by atoms with van der Waals surface area (Å²) in [4.78, 5) is 17.1. The zero-order valence-corrected chi connectivity index (χ0v) is 10.2. The SMILES string of the molecule is CC(COc1ccc(Cl)cc1)OP(=O)(O)O. The Hall–Kier alpha value is -0.580. The molecule has 1 unspecified atom stereocenters. The minimum atomic E-state index is -4.45. The summed E-state index contributed by atoms with van der Waals surface area (Å²) in [7, 11) is -4.45. The molecule has 2 N–H and O–H groups in total. The number of rotatable bonds is 5. The first kappa shape index (κ1) is 13.5. The van der Waals surface area contributed by atoms with E-state index in [9.17, 15) is 4.57 Å². The number of hydrogen-bond acceptors (Lipinski definition) is 3. The molecule has 5 nitrogen and oxygen atoms in total. The van der Waals surface area contributed by atoms with E-state index < -0.39 is 13.9 Å². The van der Waals surface area contributed by atoms with Crippen molar-refractivity contribution in [3.8, 4) is 5.75 Å². The monoisotopic (exact) mass is 266 g/mol. The molecule has 0 bridgehead atoms. The second kappa shape index (κ2) is 5.66. The summed E-state index contributed by atoms with van der Waals surface area (Å²) in [6, 6.07) is 6.63. The molecule has 0 amide bonds. The van der Waals surface area contributed by atoms with Gasteiger partial charge in [-0.25, -0.2) is 4.57 Å². The maximum atomic E-state index is 10.5. The van der Waals surface area contributed by atoms with E-state index in [0.717, 1.165) is 0 Å². The van der Waals surface area contributed by atoms with Crippen LogP contribution in [0.3, 0.4) is 0 Å². The molecule has 7 heteroatoms. The highest BCUT2D eigenvalue weighted by Gasteiger charge is 2.19. The first-order chi connectivity index (χ1) is 7.37. The average molecular weight is 267 g/mol. The van der Waals surface area contributed by atoms with Gasteiger partial charge in [0.15, 0.2) is 0 Å². The third kappa shape index (κ3) is 5.49. The highest BCUT2D eigenvalue weighted by molar-refractivity contribution is 7.46. The lowest BCUT2D eigenvalue weighted by molar-refractivity contribution is 0.101. The van der Waals surface area contributed by atoms with Gasteiger partial charge in [-0.2, -0.15) is 0 Å². The number of ether oxygens (including phenoxy) is 1. The van der Waals surface area contributed by atoms with Gasteiger partial charge in [0.2, 0.25) is 0 Å². The number of phosphoric ester groups is 1. The number of phosphoric acid groups is 1. The molecule has 0 aromatic heterocycles. The van der Waals surface area contributed by atoms with Crippen molar-refractivity contribution in [2.24, 2.45) is 0 Å². The molecule has 0 heterocycles. The zero-order chi connectivity index (χ0) is 12.2. The van der Waals surface area contributed by atoms with Crippen molar-refractivity contribution in [2.75, 3.05) is 6.61 Å². The van der Waals surface area contributed by atoms with Gasteiger partial charge in [0.05, 0.1) is 0 Å². The summed E-state index contributed by atoms with van der Waals surface area (Å²) in [5, 5.41) is 0.590. The molecular weight excluding hydrogens is 255 g/mol. The summed E-state index contributed by atoms with van der Waals surface area (Å²) in [5.41, 5.74) is 0. The largest absolute Gasteiger partial charge is 0.491 e. The normalized spacial score (nSPS) is 13.5. The van der Waals surface area contributed by atoms with Gasteiger partial charge in [-0.15, -0.1) is 0 Å². The van der Waals surface area contributed by atoms with Crippen LogP contribution >= 0.6 is 19.4 Å². The van der Waals surface area contributed by atoms with E-state index in [2.05, 4.69) is 4.52 Å². The predicted molar refractivity (Wildman–Crippen MR) is 59.5 cm³/mol. The van der Waals surface area contributed by atoms with E-state index >= 15 is 0 Å². The average Bonchev–Trinajstić information content (AvgIpc) is 2.14. The van der Waals surface area contributed by atoms with E-state index in [1.165, 1.54) is 6.92 Å². The molecule has 16 heavy (non-hydrogen) atoms. The molecule has 90 valence electrons. The number of benzene rings is 1. The molecule has 0 aliphatic heterocycles. The summed E-state index contributed by atoms with van der Waals surface area (Å²) in [6.07, 6.45) is -0.698. The van der Waals surface area contributed by atoms with E-state index in [0.29, 0.717) is 10.8 Å². The third-order valence-electron chi connectivity index (χ3n) is 1.62. The fraction of sp³-hybridized carbons (Fsp3) is 0.333. The first-order valence-electron chi connectivity index (χ1n) is 4.49. The summed E-state index contributed by atoms with van der Waals surface area (Å²) in [6.45, 7) is 1.56. The Morgan fingerprint density at radius 1 is 1.38 bits per heavy atom. The van der Waals surface area contributed by atoms with Gasteiger partial charge in [0, 0.05) is 5.02 Å². The van der Waals surface area contributed by atoms with E-state index in [4.69, 9.17) is 26.1 Å². The van der Waals surface area contributed by atoms with Crippen LogP contribution < -0.4 is 4.74 Å². The Morgan fingerprint density at radius 2 is 1.94 bits per heavy atom. The van der Waals surface area contributed by atoms with Gasteiger partial charge in [-0.1, -0.05) is 11.6 Å². The van der Waals surface area contributed by atoms with Gasteiger partial charge >= 0.3 is 7.82 Å². The van der Waals surface area contributed by atoms with Crippen molar-refractivity contribution in [1.82, 2.24) is 0 Å². The van der Waals surface area contributed by atoms with Crippen molar-refractivity contribution in [1.29, 1.82) is 0 Å². The summed E-state index contributed by atoms with van der Waals surface area (Å²) < 4.78 is 20.1. The van der Waals surface area contributed by atoms with Gasteiger partial charge in [0.25, 0.3) is 0 Å². The summed E-state index contributed by atoms with van der Waals surface area (Å²) in [5.74, 6) is 0.561. The zero-order valence-electron chi connectivity index (χ0n) is 8.54. The Morgan fingerprint density at radius 3 is 2.44 bits per heavy atom. The van der Waals surface area contributed by atoms with E-state index in [1.54, 1.807) is 24.3 Å².